The summed E-state index contributed by atoms with van der Waals surface area (Å²) in [6, 6.07) is 22.2. The molecule has 3 aromatic carbocycles. The topological polar surface area (TPSA) is 79.6 Å². The Balaban J connectivity index is 1.58. The maximum absolute atomic E-state index is 12.0. The number of halogens is 2. The molecule has 1 aliphatic rings. The van der Waals surface area contributed by atoms with Gasteiger partial charge in [0.15, 0.2) is 0 Å². The molecule has 0 bridgehead atoms. The molecule has 6 nitrogen and oxygen atoms in total. The van der Waals surface area contributed by atoms with Gasteiger partial charge in [0.2, 0.25) is 0 Å². The Hall–Kier alpha value is -3.08. The van der Waals surface area contributed by atoms with Crippen LogP contribution in [0.4, 0.5) is 5.69 Å². The van der Waals surface area contributed by atoms with E-state index in [1.165, 1.54) is 0 Å². The van der Waals surface area contributed by atoms with E-state index in [-0.39, 0.29) is 11.9 Å². The van der Waals surface area contributed by atoms with Crippen molar-refractivity contribution in [2.24, 2.45) is 0 Å². The first-order chi connectivity index (χ1) is 16.9. The number of anilines is 1. The van der Waals surface area contributed by atoms with E-state index in [0.717, 1.165) is 23.4 Å². The van der Waals surface area contributed by atoms with Gasteiger partial charge in [-0.2, -0.15) is 5.26 Å². The van der Waals surface area contributed by atoms with Crippen molar-refractivity contribution in [3.63, 3.8) is 0 Å². The molecule has 2 atom stereocenters. The Labute approximate surface area is 215 Å². The van der Waals surface area contributed by atoms with Gasteiger partial charge in [0.25, 0.3) is 5.91 Å². The van der Waals surface area contributed by atoms with Crippen LogP contribution in [0, 0.1) is 11.3 Å². The van der Waals surface area contributed by atoms with Crippen molar-refractivity contribution in [3.05, 3.63) is 99.0 Å². The van der Waals surface area contributed by atoms with Crippen molar-refractivity contribution in [3.8, 4) is 6.07 Å². The molecule has 4 rings (SSSR count). The van der Waals surface area contributed by atoms with E-state index in [9.17, 15) is 9.90 Å². The maximum atomic E-state index is 12.0. The van der Waals surface area contributed by atoms with Crippen molar-refractivity contribution in [1.29, 1.82) is 5.26 Å². The highest BCUT2D eigenvalue weighted by molar-refractivity contribution is 6.33. The average Bonchev–Trinajstić information content (AvgIpc) is 2.88. The fraction of sp³-hybridized carbons (Fsp3) is 0.259. The average molecular weight is 509 g/mol. The van der Waals surface area contributed by atoms with Crippen LogP contribution in [0.1, 0.15) is 39.2 Å². The second-order valence-corrected chi connectivity index (χ2v) is 9.36. The van der Waals surface area contributed by atoms with E-state index < -0.39 is 6.10 Å². The van der Waals surface area contributed by atoms with Crippen LogP contribution in [-0.4, -0.2) is 49.1 Å². The predicted octanol–water partition coefficient (Wildman–Crippen LogP) is 4.82. The van der Waals surface area contributed by atoms with Gasteiger partial charge < -0.3 is 15.3 Å². The number of benzene rings is 3. The van der Waals surface area contributed by atoms with E-state index in [2.05, 4.69) is 21.2 Å². The molecule has 0 radical (unpaired) electrons. The van der Waals surface area contributed by atoms with Crippen molar-refractivity contribution in [1.82, 2.24) is 10.2 Å². The van der Waals surface area contributed by atoms with E-state index in [1.54, 1.807) is 43.4 Å². The van der Waals surface area contributed by atoms with Crippen molar-refractivity contribution in [2.75, 3.05) is 38.1 Å². The first kappa shape index (κ1) is 25.0. The fourth-order valence-electron chi connectivity index (χ4n) is 4.42. The van der Waals surface area contributed by atoms with Gasteiger partial charge in [-0.05, 0) is 53.6 Å². The Morgan fingerprint density at radius 2 is 1.83 bits per heavy atom. The van der Waals surface area contributed by atoms with Crippen LogP contribution >= 0.6 is 23.2 Å². The molecule has 0 saturated carbocycles. The van der Waals surface area contributed by atoms with Crippen LogP contribution in [0.5, 0.6) is 0 Å². The number of nitrogens with one attached hydrogen (secondary N) is 1. The molecule has 1 heterocycles. The minimum atomic E-state index is -0.671. The Morgan fingerprint density at radius 3 is 2.46 bits per heavy atom. The molecule has 3 aromatic rings. The molecule has 0 aromatic heterocycles. The van der Waals surface area contributed by atoms with Gasteiger partial charge in [0.1, 0.15) is 0 Å². The molecule has 2 N–H and O–H groups in total. The second kappa shape index (κ2) is 11.1. The quantitative estimate of drug-likeness (QED) is 0.498. The first-order valence-electron chi connectivity index (χ1n) is 11.3. The van der Waals surface area contributed by atoms with Crippen LogP contribution in [0.25, 0.3) is 0 Å². The molecule has 0 spiro atoms. The monoisotopic (exact) mass is 508 g/mol. The van der Waals surface area contributed by atoms with Gasteiger partial charge in [-0.1, -0.05) is 47.5 Å². The van der Waals surface area contributed by atoms with Crippen LogP contribution in [-0.2, 0) is 0 Å². The lowest BCUT2D eigenvalue weighted by Gasteiger charge is -2.44. The van der Waals surface area contributed by atoms with Crippen molar-refractivity contribution >= 4 is 34.8 Å². The molecule has 0 unspecified atom stereocenters. The smallest absolute Gasteiger partial charge is 0.251 e. The number of piperazine rings is 1. The summed E-state index contributed by atoms with van der Waals surface area (Å²) in [5.41, 5.74) is 3.79. The number of carbonyl (C=O) groups excluding carboxylic acids is 1. The van der Waals surface area contributed by atoms with Gasteiger partial charge in [0, 0.05) is 43.8 Å². The van der Waals surface area contributed by atoms with Gasteiger partial charge in [0.05, 0.1) is 34.5 Å². The lowest BCUT2D eigenvalue weighted by Crippen LogP contribution is -2.49. The third-order valence-corrected chi connectivity index (χ3v) is 6.88. The molecule has 0 aliphatic carbocycles. The summed E-state index contributed by atoms with van der Waals surface area (Å²) in [5, 5.41) is 23.7. The van der Waals surface area contributed by atoms with Gasteiger partial charge in [-0.15, -0.1) is 0 Å². The van der Waals surface area contributed by atoms with E-state index in [1.807, 2.05) is 30.3 Å². The zero-order valence-corrected chi connectivity index (χ0v) is 20.8. The number of nitrogens with zero attached hydrogens (tertiary/aromatic N) is 3. The minimum absolute atomic E-state index is 0.0301. The standard InChI is InChI=1S/C27H26Cl2N4O2/c1-31-27(35)21-8-11-24(23(29)14-21)33-13-12-32(16-25(33)19-6-9-22(28)10-7-19)17-26(34)20-4-2-18(15-30)3-5-20/h2-11,14,25-26,34H,12-13,16-17H2,1H3,(H,31,35)/t25-,26+/m0/s1. The van der Waals surface area contributed by atoms with Crippen LogP contribution in [0.3, 0.4) is 0 Å². The maximum Gasteiger partial charge on any atom is 0.251 e. The number of carbonyl (C=O) groups is 1. The van der Waals surface area contributed by atoms with Gasteiger partial charge >= 0.3 is 0 Å². The molecule has 180 valence electrons. The second-order valence-electron chi connectivity index (χ2n) is 8.52. The highest BCUT2D eigenvalue weighted by Crippen LogP contribution is 2.36. The van der Waals surface area contributed by atoms with Crippen molar-refractivity contribution < 1.29 is 9.90 Å². The van der Waals surface area contributed by atoms with E-state index in [4.69, 9.17) is 28.5 Å². The predicted molar refractivity (Wildman–Crippen MR) is 139 cm³/mol. The number of hydrogen-bond acceptors (Lipinski definition) is 5. The zero-order valence-electron chi connectivity index (χ0n) is 19.3. The molecular formula is C27H26Cl2N4O2. The summed E-state index contributed by atoms with van der Waals surface area (Å²) in [7, 11) is 1.59. The minimum Gasteiger partial charge on any atom is -0.387 e. The highest BCUT2D eigenvalue weighted by atomic mass is 35.5. The summed E-state index contributed by atoms with van der Waals surface area (Å²) < 4.78 is 0. The SMILES string of the molecule is CNC(=O)c1ccc(N2CCN(C[C@@H](O)c3ccc(C#N)cc3)C[C@H]2c2ccc(Cl)cc2)c(Cl)c1. The summed E-state index contributed by atoms with van der Waals surface area (Å²) in [6.45, 7) is 2.55. The normalized spacial score (nSPS) is 17.0. The van der Waals surface area contributed by atoms with Crippen LogP contribution in [0.2, 0.25) is 10.0 Å². The van der Waals surface area contributed by atoms with Crippen LogP contribution < -0.4 is 10.2 Å². The fourth-order valence-corrected chi connectivity index (χ4v) is 4.83. The number of rotatable bonds is 6. The third-order valence-electron chi connectivity index (χ3n) is 6.32. The number of β-amino-alcohol motifs (C(OH)–C–C–N with tert-alkyl or cyclic N) is 1. The first-order valence-corrected chi connectivity index (χ1v) is 12.1. The number of amides is 1. The number of aliphatic hydroxyl groups excluding tert-OH is 1. The summed E-state index contributed by atoms with van der Waals surface area (Å²) in [6.07, 6.45) is -0.671. The van der Waals surface area contributed by atoms with Gasteiger partial charge in [-0.3, -0.25) is 9.69 Å². The van der Waals surface area contributed by atoms with Gasteiger partial charge in [-0.25, -0.2) is 0 Å². The lowest BCUT2D eigenvalue weighted by molar-refractivity contribution is 0.0963. The number of nitriles is 1. The van der Waals surface area contributed by atoms with Crippen molar-refractivity contribution in [2.45, 2.75) is 12.1 Å². The third kappa shape index (κ3) is 5.77. The summed E-state index contributed by atoms with van der Waals surface area (Å²) in [4.78, 5) is 16.5. The largest absolute Gasteiger partial charge is 0.387 e. The van der Waals surface area contributed by atoms with E-state index in [0.29, 0.717) is 40.8 Å². The molecule has 1 amide bonds. The van der Waals surface area contributed by atoms with Crippen LogP contribution in [0.15, 0.2) is 66.7 Å². The Bertz CT molecular complexity index is 1230. The summed E-state index contributed by atoms with van der Waals surface area (Å²) in [5.74, 6) is -0.186. The molecule has 35 heavy (non-hydrogen) atoms. The highest BCUT2D eigenvalue weighted by Gasteiger charge is 2.31. The molecular weight excluding hydrogens is 483 g/mol. The molecule has 1 saturated heterocycles. The number of aliphatic hydroxyl groups is 1. The molecule has 1 aliphatic heterocycles. The Kier molecular flexibility index (Phi) is 7.94. The zero-order chi connectivity index (χ0) is 24.9. The lowest BCUT2D eigenvalue weighted by atomic mass is 10.00. The number of hydrogen-bond donors (Lipinski definition) is 2. The molecule has 1 fully saturated rings. The molecule has 8 heteroatoms. The van der Waals surface area contributed by atoms with E-state index >= 15 is 0 Å². The summed E-state index contributed by atoms with van der Waals surface area (Å²) >= 11 is 12.8. The Morgan fingerprint density at radius 1 is 1.11 bits per heavy atom.